The van der Waals surface area contributed by atoms with Crippen LogP contribution in [0.25, 0.3) is 0 Å². The minimum absolute atomic E-state index is 0.127. The number of rotatable bonds is 15. The summed E-state index contributed by atoms with van der Waals surface area (Å²) >= 11 is 0. The SMILES string of the molecule is COCCOCCOCCOCCOC(=O)c1cccc(C2NOC(c3ccccc3F)N2)c1. The van der Waals surface area contributed by atoms with Gasteiger partial charge in [0.25, 0.3) is 0 Å². The molecule has 1 fully saturated rings. The minimum atomic E-state index is -0.647. The van der Waals surface area contributed by atoms with Crippen LogP contribution in [0.5, 0.6) is 0 Å². The number of hydroxylamine groups is 1. The van der Waals surface area contributed by atoms with Crippen molar-refractivity contribution in [3.05, 3.63) is 71.0 Å². The van der Waals surface area contributed by atoms with Gasteiger partial charge in [0.15, 0.2) is 6.23 Å². The molecule has 0 aliphatic carbocycles. The van der Waals surface area contributed by atoms with Crippen LogP contribution in [-0.4, -0.2) is 65.9 Å². The number of ether oxygens (including phenoxy) is 5. The molecule has 1 aliphatic heterocycles. The van der Waals surface area contributed by atoms with Crippen molar-refractivity contribution in [1.29, 1.82) is 0 Å². The molecule has 2 aromatic rings. The first-order valence-electron chi connectivity index (χ1n) is 11.1. The van der Waals surface area contributed by atoms with Gasteiger partial charge in [0.05, 0.1) is 51.8 Å². The van der Waals surface area contributed by atoms with Gasteiger partial charge in [0, 0.05) is 12.7 Å². The molecule has 9 nitrogen and oxygen atoms in total. The van der Waals surface area contributed by atoms with Crippen LogP contribution >= 0.6 is 0 Å². The summed E-state index contributed by atoms with van der Waals surface area (Å²) in [5.74, 6) is -0.819. The number of methoxy groups -OCH3 is 1. The van der Waals surface area contributed by atoms with Crippen molar-refractivity contribution in [1.82, 2.24) is 10.8 Å². The van der Waals surface area contributed by atoms with E-state index in [1.807, 2.05) is 6.07 Å². The Morgan fingerprint density at radius 2 is 1.59 bits per heavy atom. The van der Waals surface area contributed by atoms with E-state index in [0.717, 1.165) is 5.56 Å². The molecule has 0 spiro atoms. The monoisotopic (exact) mass is 478 g/mol. The Kier molecular flexibility index (Phi) is 11.3. The van der Waals surface area contributed by atoms with Gasteiger partial charge < -0.3 is 23.7 Å². The highest BCUT2D eigenvalue weighted by Gasteiger charge is 2.28. The van der Waals surface area contributed by atoms with E-state index in [-0.39, 0.29) is 19.0 Å². The molecule has 0 saturated carbocycles. The van der Waals surface area contributed by atoms with Crippen LogP contribution in [0.3, 0.4) is 0 Å². The minimum Gasteiger partial charge on any atom is -0.460 e. The molecule has 2 N–H and O–H groups in total. The number of nitrogens with one attached hydrogen (secondary N) is 2. The molecular weight excluding hydrogens is 447 g/mol. The van der Waals surface area contributed by atoms with E-state index in [1.54, 1.807) is 43.5 Å². The lowest BCUT2D eigenvalue weighted by Crippen LogP contribution is -2.23. The number of hydrogen-bond donors (Lipinski definition) is 2. The highest BCUT2D eigenvalue weighted by Crippen LogP contribution is 2.27. The van der Waals surface area contributed by atoms with Crippen molar-refractivity contribution in [2.24, 2.45) is 0 Å². The van der Waals surface area contributed by atoms with Gasteiger partial charge >= 0.3 is 5.97 Å². The molecule has 2 atom stereocenters. The standard InChI is InChI=1S/C24H31FN2O7/c1-29-9-10-30-11-12-31-13-14-32-15-16-33-24(28)19-6-4-5-18(17-19)22-26-23(34-27-22)20-7-2-3-8-21(20)25/h2-8,17,22-23,26-27H,9-16H2,1H3. The molecule has 10 heteroatoms. The van der Waals surface area contributed by atoms with Gasteiger partial charge in [-0.2, -0.15) is 5.48 Å². The van der Waals surface area contributed by atoms with Gasteiger partial charge in [0.1, 0.15) is 18.6 Å². The molecule has 34 heavy (non-hydrogen) atoms. The van der Waals surface area contributed by atoms with Crippen molar-refractivity contribution < 1.29 is 37.7 Å². The molecule has 2 unspecified atom stereocenters. The van der Waals surface area contributed by atoms with Crippen molar-refractivity contribution in [2.75, 3.05) is 60.0 Å². The maximum Gasteiger partial charge on any atom is 0.338 e. The molecule has 1 aliphatic rings. The Labute approximate surface area is 198 Å². The topological polar surface area (TPSA) is 96.5 Å². The normalized spacial score (nSPS) is 17.7. The number of benzene rings is 2. The van der Waals surface area contributed by atoms with E-state index in [0.29, 0.717) is 50.8 Å². The van der Waals surface area contributed by atoms with Crippen LogP contribution in [0.15, 0.2) is 48.5 Å². The van der Waals surface area contributed by atoms with Crippen LogP contribution in [0, 0.1) is 5.82 Å². The predicted molar refractivity (Wildman–Crippen MR) is 120 cm³/mol. The maximum absolute atomic E-state index is 14.0. The molecule has 186 valence electrons. The fourth-order valence-electron chi connectivity index (χ4n) is 3.17. The summed E-state index contributed by atoms with van der Waals surface area (Å²) < 4.78 is 40.2. The van der Waals surface area contributed by atoms with Crippen LogP contribution < -0.4 is 10.8 Å². The molecule has 0 radical (unpaired) electrons. The molecular formula is C24H31FN2O7. The molecule has 0 bridgehead atoms. The van der Waals surface area contributed by atoms with Crippen LogP contribution in [0.4, 0.5) is 4.39 Å². The molecule has 0 amide bonds. The first-order valence-corrected chi connectivity index (χ1v) is 11.1. The van der Waals surface area contributed by atoms with Gasteiger partial charge in [-0.25, -0.2) is 9.18 Å². The average Bonchev–Trinajstić information content (AvgIpc) is 3.35. The third-order valence-corrected chi connectivity index (χ3v) is 4.90. The summed E-state index contributed by atoms with van der Waals surface area (Å²) in [5.41, 5.74) is 4.38. The third kappa shape index (κ3) is 8.41. The lowest BCUT2D eigenvalue weighted by molar-refractivity contribution is -0.00552. The van der Waals surface area contributed by atoms with E-state index in [4.69, 9.17) is 28.5 Å². The van der Waals surface area contributed by atoms with Crippen LogP contribution in [0.2, 0.25) is 0 Å². The van der Waals surface area contributed by atoms with Crippen LogP contribution in [-0.2, 0) is 28.5 Å². The summed E-state index contributed by atoms with van der Waals surface area (Å²) in [6.07, 6.45) is -1.06. The largest absolute Gasteiger partial charge is 0.460 e. The second-order valence-electron chi connectivity index (χ2n) is 7.33. The van der Waals surface area contributed by atoms with Gasteiger partial charge in [-0.15, -0.1) is 0 Å². The summed E-state index contributed by atoms with van der Waals surface area (Å²) in [7, 11) is 1.62. The molecule has 0 aromatic heterocycles. The smallest absolute Gasteiger partial charge is 0.338 e. The van der Waals surface area contributed by atoms with Gasteiger partial charge in [-0.3, -0.25) is 10.2 Å². The second kappa shape index (κ2) is 14.7. The summed E-state index contributed by atoms with van der Waals surface area (Å²) in [6.45, 7) is 3.31. The molecule has 1 saturated heterocycles. The number of esters is 1. The molecule has 1 heterocycles. The zero-order valence-corrected chi connectivity index (χ0v) is 19.2. The zero-order chi connectivity index (χ0) is 24.0. The molecule has 3 rings (SSSR count). The van der Waals surface area contributed by atoms with E-state index >= 15 is 0 Å². The lowest BCUT2D eigenvalue weighted by Gasteiger charge is -2.13. The van der Waals surface area contributed by atoms with E-state index in [2.05, 4.69) is 10.8 Å². The first kappa shape index (κ1) is 26.2. The third-order valence-electron chi connectivity index (χ3n) is 4.90. The Hall–Kier alpha value is -2.44. The zero-order valence-electron chi connectivity index (χ0n) is 19.2. The van der Waals surface area contributed by atoms with E-state index in [9.17, 15) is 9.18 Å². The van der Waals surface area contributed by atoms with Crippen molar-refractivity contribution in [3.63, 3.8) is 0 Å². The van der Waals surface area contributed by atoms with Crippen LogP contribution in [0.1, 0.15) is 33.9 Å². The number of halogens is 1. The Morgan fingerprint density at radius 3 is 2.29 bits per heavy atom. The summed E-state index contributed by atoms with van der Waals surface area (Å²) in [4.78, 5) is 17.9. The quantitative estimate of drug-likeness (QED) is 0.296. The summed E-state index contributed by atoms with van der Waals surface area (Å²) in [5, 5.41) is 3.15. The Morgan fingerprint density at radius 1 is 0.912 bits per heavy atom. The summed E-state index contributed by atoms with van der Waals surface area (Å²) in [6, 6.07) is 13.3. The molecule has 2 aromatic carbocycles. The first-order chi connectivity index (χ1) is 16.7. The van der Waals surface area contributed by atoms with Gasteiger partial charge in [-0.05, 0) is 23.8 Å². The fraction of sp³-hybridized carbons (Fsp3) is 0.458. The van der Waals surface area contributed by atoms with E-state index in [1.165, 1.54) is 6.07 Å². The van der Waals surface area contributed by atoms with Gasteiger partial charge in [0.2, 0.25) is 0 Å². The lowest BCUT2D eigenvalue weighted by atomic mass is 10.1. The highest BCUT2D eigenvalue weighted by atomic mass is 19.1. The van der Waals surface area contributed by atoms with Crippen molar-refractivity contribution in [2.45, 2.75) is 12.4 Å². The maximum atomic E-state index is 14.0. The Bertz CT molecular complexity index is 886. The second-order valence-corrected chi connectivity index (χ2v) is 7.33. The van der Waals surface area contributed by atoms with Crippen molar-refractivity contribution in [3.8, 4) is 0 Å². The average molecular weight is 479 g/mol. The number of carbonyl (C=O) groups is 1. The number of hydrogen-bond acceptors (Lipinski definition) is 9. The Balaban J connectivity index is 1.32. The fourth-order valence-corrected chi connectivity index (χ4v) is 3.17. The predicted octanol–water partition coefficient (Wildman–Crippen LogP) is 2.50. The number of carbonyl (C=O) groups excluding carboxylic acids is 1. The highest BCUT2D eigenvalue weighted by molar-refractivity contribution is 5.89. The van der Waals surface area contributed by atoms with Gasteiger partial charge in [-0.1, -0.05) is 30.3 Å². The van der Waals surface area contributed by atoms with E-state index < -0.39 is 18.4 Å². The van der Waals surface area contributed by atoms with Crippen molar-refractivity contribution >= 4 is 5.97 Å².